The van der Waals surface area contributed by atoms with Gasteiger partial charge >= 0.3 is 0 Å². The number of hydrogen-bond donors (Lipinski definition) is 3. The number of carbonyl (C=O) groups excluding carboxylic acids is 4. The van der Waals surface area contributed by atoms with Gasteiger partial charge < -0.3 is 25.4 Å². The van der Waals surface area contributed by atoms with Gasteiger partial charge in [0, 0.05) is 34.4 Å². The molecule has 0 atom stereocenters. The number of anilines is 1. The molecule has 0 saturated carbocycles. The second-order valence-corrected chi connectivity index (χ2v) is 11.9. The van der Waals surface area contributed by atoms with Crippen LogP contribution in [0.1, 0.15) is 63.7 Å². The average molecular weight is 673 g/mol. The first-order valence-corrected chi connectivity index (χ1v) is 15.6. The molecule has 8 rings (SSSR count). The van der Waals surface area contributed by atoms with E-state index in [2.05, 4.69) is 11.7 Å². The number of hydrogen-bond acceptors (Lipinski definition) is 10. The van der Waals surface area contributed by atoms with Crippen molar-refractivity contribution >= 4 is 41.2 Å². The summed E-state index contributed by atoms with van der Waals surface area (Å²) in [6.45, 7) is 3.58. The zero-order chi connectivity index (χ0) is 35.6. The van der Waals surface area contributed by atoms with Gasteiger partial charge in [0.15, 0.2) is 34.6 Å². The highest BCUT2D eigenvalue weighted by molar-refractivity contribution is 6.32. The van der Waals surface area contributed by atoms with Crippen LogP contribution in [0.15, 0.2) is 114 Å². The van der Waals surface area contributed by atoms with E-state index in [-0.39, 0.29) is 67.4 Å². The second-order valence-electron chi connectivity index (χ2n) is 11.9. The van der Waals surface area contributed by atoms with Crippen LogP contribution in [0.2, 0.25) is 0 Å². The van der Waals surface area contributed by atoms with Gasteiger partial charge in [-0.25, -0.2) is 0 Å². The number of ether oxygens (including phenoxy) is 2. The topological polar surface area (TPSA) is 166 Å². The van der Waals surface area contributed by atoms with Crippen LogP contribution in [-0.4, -0.2) is 40.1 Å². The molecular weight excluding hydrogens is 648 g/mol. The highest BCUT2D eigenvalue weighted by Gasteiger charge is 2.37. The number of fused-ring (bicyclic) bond motifs is 4. The molecule has 4 N–H and O–H groups in total. The van der Waals surface area contributed by atoms with Crippen molar-refractivity contribution in [1.82, 2.24) is 0 Å². The predicted molar refractivity (Wildman–Crippen MR) is 188 cm³/mol. The molecule has 6 aromatic carbocycles. The first-order chi connectivity index (χ1) is 24.7. The van der Waals surface area contributed by atoms with Gasteiger partial charge in [-0.05, 0) is 42.1 Å². The quantitative estimate of drug-likeness (QED) is 0.0907. The molecule has 0 aliphatic heterocycles. The van der Waals surface area contributed by atoms with Crippen LogP contribution in [0.3, 0.4) is 0 Å². The number of phenolic OH excluding ortho intramolecular Hbond substituents is 2. The van der Waals surface area contributed by atoms with Crippen molar-refractivity contribution in [2.24, 2.45) is 4.99 Å². The lowest BCUT2D eigenvalue weighted by molar-refractivity contribution is 0.0977. The van der Waals surface area contributed by atoms with Crippen molar-refractivity contribution in [3.05, 3.63) is 154 Å². The summed E-state index contributed by atoms with van der Waals surface area (Å²) in [6.07, 6.45) is 0. The van der Waals surface area contributed by atoms with Crippen molar-refractivity contribution in [2.75, 3.05) is 5.73 Å². The average Bonchev–Trinajstić information content (AvgIpc) is 3.14. The van der Waals surface area contributed by atoms with Crippen molar-refractivity contribution in [1.29, 1.82) is 0 Å². The standard InChI is InChI=1S/C41H24N2O8/c1-43-37-31(19-29(45)33-35(37)41(49)27-9-5-3-7-25(27)39(33)47)51-23-16-12-21(13-17-23)20-10-14-22(15-11-20)50-30-18-28(44)32-34(36(30)42)40(48)26-8-4-2-6-24(26)38(32)46/h2-19,44-45H,1,42H2. The van der Waals surface area contributed by atoms with E-state index in [0.29, 0.717) is 11.5 Å². The normalized spacial score (nSPS) is 12.8. The zero-order valence-corrected chi connectivity index (χ0v) is 26.5. The Kier molecular flexibility index (Phi) is 7.09. The third-order valence-corrected chi connectivity index (χ3v) is 8.95. The number of nitrogen functional groups attached to an aromatic ring is 1. The van der Waals surface area contributed by atoms with E-state index in [1.807, 2.05) is 0 Å². The number of benzene rings is 6. The Morgan fingerprint density at radius 1 is 0.510 bits per heavy atom. The maximum atomic E-state index is 13.4. The van der Waals surface area contributed by atoms with E-state index in [4.69, 9.17) is 15.2 Å². The first kappa shape index (κ1) is 31.0. The van der Waals surface area contributed by atoms with E-state index in [1.165, 1.54) is 24.3 Å². The number of aromatic hydroxyl groups is 2. The summed E-state index contributed by atoms with van der Waals surface area (Å²) >= 11 is 0. The molecule has 10 nitrogen and oxygen atoms in total. The summed E-state index contributed by atoms with van der Waals surface area (Å²) in [7, 11) is 0. The highest BCUT2D eigenvalue weighted by atomic mass is 16.5. The smallest absolute Gasteiger partial charge is 0.198 e. The third kappa shape index (κ3) is 4.85. The molecule has 2 aliphatic rings. The Morgan fingerprint density at radius 2 is 0.882 bits per heavy atom. The lowest BCUT2D eigenvalue weighted by Gasteiger charge is -2.21. The van der Waals surface area contributed by atoms with Crippen LogP contribution in [0.5, 0.6) is 34.5 Å². The summed E-state index contributed by atoms with van der Waals surface area (Å²) in [5.74, 6) is -1.92. The molecule has 51 heavy (non-hydrogen) atoms. The van der Waals surface area contributed by atoms with Gasteiger partial charge in [-0.3, -0.25) is 24.2 Å². The van der Waals surface area contributed by atoms with Crippen LogP contribution in [-0.2, 0) is 0 Å². The van der Waals surface area contributed by atoms with E-state index >= 15 is 0 Å². The van der Waals surface area contributed by atoms with Gasteiger partial charge in [0.25, 0.3) is 0 Å². The monoisotopic (exact) mass is 672 g/mol. The highest BCUT2D eigenvalue weighted by Crippen LogP contribution is 2.46. The second kappa shape index (κ2) is 11.7. The van der Waals surface area contributed by atoms with Crippen molar-refractivity contribution in [2.45, 2.75) is 0 Å². The summed E-state index contributed by atoms with van der Waals surface area (Å²) in [6, 6.07) is 29.2. The number of rotatable bonds is 6. The Bertz CT molecular complexity index is 2540. The lowest BCUT2D eigenvalue weighted by Crippen LogP contribution is -2.22. The van der Waals surface area contributed by atoms with E-state index < -0.39 is 34.6 Å². The van der Waals surface area contributed by atoms with Crippen LogP contribution in [0.25, 0.3) is 11.1 Å². The molecule has 0 saturated heterocycles. The first-order valence-electron chi connectivity index (χ1n) is 15.6. The van der Waals surface area contributed by atoms with Crippen LogP contribution >= 0.6 is 0 Å². The van der Waals surface area contributed by atoms with Crippen LogP contribution < -0.4 is 15.2 Å². The van der Waals surface area contributed by atoms with Gasteiger partial charge in [0.1, 0.15) is 28.7 Å². The molecule has 6 aromatic rings. The summed E-state index contributed by atoms with van der Waals surface area (Å²) in [5.41, 5.74) is 8.31. The number of aliphatic imine (C=N–C) groups is 1. The Morgan fingerprint density at radius 3 is 1.33 bits per heavy atom. The van der Waals surface area contributed by atoms with Gasteiger partial charge in [-0.15, -0.1) is 0 Å². The Labute approximate surface area is 289 Å². The molecule has 246 valence electrons. The molecule has 0 unspecified atom stereocenters. The lowest BCUT2D eigenvalue weighted by atomic mass is 9.82. The summed E-state index contributed by atoms with van der Waals surface area (Å²) in [5, 5.41) is 21.6. The van der Waals surface area contributed by atoms with Crippen molar-refractivity contribution in [3.63, 3.8) is 0 Å². The molecule has 0 radical (unpaired) electrons. The number of carbonyl (C=O) groups is 4. The molecule has 0 aromatic heterocycles. The summed E-state index contributed by atoms with van der Waals surface area (Å²) in [4.78, 5) is 56.9. The largest absolute Gasteiger partial charge is 0.507 e. The molecular formula is C41H24N2O8. The van der Waals surface area contributed by atoms with Crippen molar-refractivity contribution in [3.8, 4) is 45.6 Å². The Hall–Kier alpha value is -7.33. The van der Waals surface area contributed by atoms with E-state index in [1.54, 1.807) is 84.9 Å². The fraction of sp³-hybridized carbons (Fsp3) is 0. The third-order valence-electron chi connectivity index (χ3n) is 8.95. The molecule has 0 fully saturated rings. The SMILES string of the molecule is C=Nc1c(Oc2ccc(-c3ccc(Oc4cc(O)c5c(c4N)C(=O)c4ccccc4C5=O)cc3)cc2)cc(O)c2c1C(=O)c1ccccc1C2=O. The van der Waals surface area contributed by atoms with Gasteiger partial charge in [0.2, 0.25) is 0 Å². The predicted octanol–water partition coefficient (Wildman–Crippen LogP) is 7.81. The van der Waals surface area contributed by atoms with E-state index in [9.17, 15) is 29.4 Å². The Balaban J connectivity index is 1.03. The fourth-order valence-electron chi connectivity index (χ4n) is 6.51. The van der Waals surface area contributed by atoms with Crippen LogP contribution in [0, 0.1) is 0 Å². The molecule has 2 aliphatic carbocycles. The maximum absolute atomic E-state index is 13.4. The minimum atomic E-state index is -0.492. The molecule has 0 amide bonds. The fourth-order valence-corrected chi connectivity index (χ4v) is 6.51. The summed E-state index contributed by atoms with van der Waals surface area (Å²) < 4.78 is 12.0. The van der Waals surface area contributed by atoms with Crippen LogP contribution in [0.4, 0.5) is 11.4 Å². The number of ketones is 4. The molecule has 0 spiro atoms. The number of nitrogens with zero attached hydrogens (tertiary/aromatic N) is 1. The van der Waals surface area contributed by atoms with Gasteiger partial charge in [-0.2, -0.15) is 0 Å². The zero-order valence-electron chi connectivity index (χ0n) is 26.5. The number of nitrogens with two attached hydrogens (primary N) is 1. The maximum Gasteiger partial charge on any atom is 0.198 e. The number of phenols is 2. The minimum absolute atomic E-state index is 0.0258. The molecule has 0 bridgehead atoms. The van der Waals surface area contributed by atoms with E-state index in [0.717, 1.165) is 11.1 Å². The molecule has 10 heteroatoms. The molecule has 0 heterocycles. The van der Waals surface area contributed by atoms with Crippen molar-refractivity contribution < 1.29 is 38.9 Å². The van der Waals surface area contributed by atoms with Gasteiger partial charge in [-0.1, -0.05) is 72.8 Å². The minimum Gasteiger partial charge on any atom is -0.507 e. The van der Waals surface area contributed by atoms with Gasteiger partial charge in [0.05, 0.1) is 27.9 Å².